The Morgan fingerprint density at radius 2 is 1.75 bits per heavy atom. The monoisotopic (exact) mass is 943 g/mol. The summed E-state index contributed by atoms with van der Waals surface area (Å²) in [5, 5.41) is 12.6. The summed E-state index contributed by atoms with van der Waals surface area (Å²) in [6.45, 7) is 14.0. The Bertz CT molecular complexity index is 2520. The van der Waals surface area contributed by atoms with Crippen LogP contribution in [-0.2, 0) is 25.7 Å². The summed E-state index contributed by atoms with van der Waals surface area (Å²) < 4.78 is 29.0. The molecule has 18 heteroatoms. The van der Waals surface area contributed by atoms with Crippen molar-refractivity contribution in [1.29, 1.82) is 0 Å². The molecule has 67 heavy (non-hydrogen) atoms. The minimum absolute atomic E-state index is 0.00124. The Morgan fingerprint density at radius 1 is 1.01 bits per heavy atom. The molecule has 4 fully saturated rings. The molecule has 0 spiro atoms. The van der Waals surface area contributed by atoms with Crippen LogP contribution in [0.4, 0.5) is 21.8 Å². The molecule has 360 valence electrons. The summed E-state index contributed by atoms with van der Waals surface area (Å²) in [5.74, 6) is 0.166. The number of piperidine rings is 3. The normalized spacial score (nSPS) is 20.5. The van der Waals surface area contributed by atoms with Gasteiger partial charge in [-0.3, -0.25) is 29.3 Å². The fraction of sp³-hybridized carbons (Fsp3) is 0.531. The lowest BCUT2D eigenvalue weighted by Crippen LogP contribution is -2.52. The van der Waals surface area contributed by atoms with Crippen LogP contribution in [0.1, 0.15) is 119 Å². The van der Waals surface area contributed by atoms with Gasteiger partial charge in [0.05, 0.1) is 37.1 Å². The lowest BCUT2D eigenvalue weighted by Gasteiger charge is -2.39. The fourth-order valence-corrected chi connectivity index (χ4v) is 9.65. The van der Waals surface area contributed by atoms with E-state index in [0.29, 0.717) is 64.5 Å². The van der Waals surface area contributed by atoms with Crippen LogP contribution >= 0.6 is 11.6 Å². The van der Waals surface area contributed by atoms with Crippen molar-refractivity contribution in [2.75, 3.05) is 50.1 Å². The summed E-state index contributed by atoms with van der Waals surface area (Å²) in [5.41, 5.74) is 2.82. The maximum Gasteiger partial charge on any atom is 0.293 e. The Balaban J connectivity index is 0.000000191. The molecule has 5 aliphatic rings. The molecule has 3 saturated heterocycles. The fourth-order valence-electron chi connectivity index (χ4n) is 9.51. The predicted molar refractivity (Wildman–Crippen MR) is 256 cm³/mol. The minimum atomic E-state index is -0.722. The van der Waals surface area contributed by atoms with Gasteiger partial charge >= 0.3 is 0 Å². The number of nitrogens with zero attached hydrogens (tertiary/aromatic N) is 5. The maximum absolute atomic E-state index is 15.4. The van der Waals surface area contributed by atoms with E-state index in [9.17, 15) is 19.2 Å². The molecule has 2 aromatic heterocycles. The number of carbonyl (C=O) groups is 4. The van der Waals surface area contributed by atoms with Gasteiger partial charge in [0, 0.05) is 61.3 Å². The molecular formula is C49H63ClFN9O7. The highest BCUT2D eigenvalue weighted by Crippen LogP contribution is 2.43. The molecule has 0 bridgehead atoms. The average Bonchev–Trinajstić information content (AvgIpc) is 3.62. The highest BCUT2D eigenvalue weighted by atomic mass is 35.5. The highest BCUT2D eigenvalue weighted by Gasteiger charge is 2.42. The Morgan fingerprint density at radius 3 is 2.39 bits per heavy atom. The number of benzene rings is 2. The first-order valence-corrected chi connectivity index (χ1v) is 23.8. The van der Waals surface area contributed by atoms with E-state index in [-0.39, 0.29) is 60.0 Å². The largest absolute Gasteiger partial charge is 0.488 e. The zero-order valence-electron chi connectivity index (χ0n) is 39.3. The number of anilines is 3. The van der Waals surface area contributed by atoms with E-state index in [1.54, 1.807) is 36.0 Å². The van der Waals surface area contributed by atoms with E-state index in [0.717, 1.165) is 62.0 Å². The molecule has 4 N–H and O–H groups in total. The van der Waals surface area contributed by atoms with Crippen molar-refractivity contribution >= 4 is 64.1 Å². The van der Waals surface area contributed by atoms with Crippen LogP contribution < -0.4 is 36.5 Å². The van der Waals surface area contributed by atoms with E-state index >= 15 is 4.39 Å². The van der Waals surface area contributed by atoms with E-state index in [1.807, 2.05) is 39.0 Å². The molecule has 4 aliphatic heterocycles. The molecule has 2 atom stereocenters. The van der Waals surface area contributed by atoms with Gasteiger partial charge in [-0.1, -0.05) is 31.5 Å². The third kappa shape index (κ3) is 11.1. The second-order valence-electron chi connectivity index (χ2n) is 18.7. The summed E-state index contributed by atoms with van der Waals surface area (Å²) >= 11 is 6.47. The molecule has 2 aromatic carbocycles. The second-order valence-corrected chi connectivity index (χ2v) is 19.1. The van der Waals surface area contributed by atoms with Gasteiger partial charge < -0.3 is 39.8 Å². The van der Waals surface area contributed by atoms with E-state index in [2.05, 4.69) is 45.0 Å². The zero-order chi connectivity index (χ0) is 48.0. The SMILES string of the molecule is CC1(C)CNCCC1c1ccc2c(c1F)CN(C1CCC(=O)NC1=O)C2=O.CCOc1cc2cc(Nc3nc(N4CCC(OC5CCC5)CC4)ncc3Cl)ccc2n(C(C)C)c1=O.CNC=O. The summed E-state index contributed by atoms with van der Waals surface area (Å²) in [6.07, 6.45) is 10.0. The predicted octanol–water partition coefficient (Wildman–Crippen LogP) is 6.76. The third-order valence-corrected chi connectivity index (χ3v) is 13.6. The maximum atomic E-state index is 15.4. The number of fused-ring (bicyclic) bond motifs is 2. The summed E-state index contributed by atoms with van der Waals surface area (Å²) in [7, 11) is 1.56. The molecule has 0 radical (unpaired) electrons. The Kier molecular flexibility index (Phi) is 15.8. The third-order valence-electron chi connectivity index (χ3n) is 13.3. The van der Waals surface area contributed by atoms with Crippen molar-refractivity contribution in [3.63, 3.8) is 0 Å². The van der Waals surface area contributed by atoms with E-state index in [4.69, 9.17) is 30.9 Å². The van der Waals surface area contributed by atoms with Crippen molar-refractivity contribution in [3.8, 4) is 5.75 Å². The summed E-state index contributed by atoms with van der Waals surface area (Å²) in [6, 6.07) is 10.4. The molecule has 4 aromatic rings. The van der Waals surface area contributed by atoms with Gasteiger partial charge in [-0.15, -0.1) is 0 Å². The van der Waals surface area contributed by atoms with Gasteiger partial charge in [-0.25, -0.2) is 9.37 Å². The number of hydrogen-bond donors (Lipinski definition) is 4. The van der Waals surface area contributed by atoms with E-state index in [1.165, 1.54) is 24.2 Å². The number of amides is 4. The van der Waals surface area contributed by atoms with Crippen LogP contribution in [0.15, 0.2) is 47.4 Å². The van der Waals surface area contributed by atoms with Gasteiger partial charge in [0.2, 0.25) is 24.2 Å². The first-order valence-electron chi connectivity index (χ1n) is 23.4. The number of pyridine rings is 1. The number of halogens is 2. The molecule has 1 saturated carbocycles. The highest BCUT2D eigenvalue weighted by molar-refractivity contribution is 6.33. The first-order chi connectivity index (χ1) is 32.1. The molecular weight excluding hydrogens is 881 g/mol. The summed E-state index contributed by atoms with van der Waals surface area (Å²) in [4.78, 5) is 71.1. The van der Waals surface area contributed by atoms with Gasteiger partial charge in [0.25, 0.3) is 11.5 Å². The number of hydrogen-bond acceptors (Lipinski definition) is 12. The first kappa shape index (κ1) is 49.3. The lowest BCUT2D eigenvalue weighted by molar-refractivity contribution is -0.137. The minimum Gasteiger partial charge on any atom is -0.488 e. The van der Waals surface area contributed by atoms with Gasteiger partial charge in [-0.05, 0) is 119 Å². The van der Waals surface area contributed by atoms with Gasteiger partial charge in [-0.2, -0.15) is 4.98 Å². The van der Waals surface area contributed by atoms with Gasteiger partial charge in [0.15, 0.2) is 11.6 Å². The second kappa shape index (κ2) is 21.5. The molecule has 6 heterocycles. The van der Waals surface area contributed by atoms with Crippen LogP contribution in [0.3, 0.4) is 0 Å². The smallest absolute Gasteiger partial charge is 0.293 e. The lowest BCUT2D eigenvalue weighted by atomic mass is 9.70. The van der Waals surface area contributed by atoms with Crippen LogP contribution in [0.25, 0.3) is 10.9 Å². The van der Waals surface area contributed by atoms with Crippen molar-refractivity contribution in [2.24, 2.45) is 5.41 Å². The van der Waals surface area contributed by atoms with Crippen molar-refractivity contribution in [2.45, 2.75) is 123 Å². The average molecular weight is 945 g/mol. The van der Waals surface area contributed by atoms with Crippen LogP contribution in [0, 0.1) is 11.2 Å². The standard InChI is InChI=1S/C27H34ClN5O3.C20H24FN3O3.C2H5NO/c1-4-35-24-15-18-14-19(8-9-23(18)33(17(2)3)26(24)34)30-25-22(28)16-29-27(31-25)32-12-10-21(11-13-32)36-20-6-5-7-20;1-20(2)10-22-8-7-14(20)12-4-3-11-13(17(12)21)9-24(19(11)27)15-5-6-16(25)23-18(15)26;1-3-2-4/h8-9,14-17,20-21H,4-7,10-13H2,1-3H3,(H,29,30,31);3-4,14-15,22H,5-10H2,1-2H3,(H,23,25,26);2H,1H3,(H,3,4). The van der Waals surface area contributed by atoms with Gasteiger partial charge in [0.1, 0.15) is 16.9 Å². The molecule has 1 aliphatic carbocycles. The molecule has 16 nitrogen and oxygen atoms in total. The van der Waals surface area contributed by atoms with Crippen LogP contribution in [-0.4, -0.2) is 102 Å². The Hall–Kier alpha value is -5.65. The van der Waals surface area contributed by atoms with Crippen LogP contribution in [0.2, 0.25) is 5.02 Å². The van der Waals surface area contributed by atoms with Crippen LogP contribution in [0.5, 0.6) is 5.75 Å². The number of imide groups is 1. The molecule has 9 rings (SSSR count). The Labute approximate surface area is 395 Å². The topological polar surface area (TPSA) is 189 Å². The quantitative estimate of drug-likeness (QED) is 0.0916. The number of rotatable bonds is 11. The van der Waals surface area contributed by atoms with E-state index < -0.39 is 11.9 Å². The number of ether oxygens (including phenoxy) is 2. The van der Waals surface area contributed by atoms with Crippen molar-refractivity contribution in [1.82, 2.24) is 35.4 Å². The number of nitrogens with one attached hydrogen (secondary N) is 4. The number of carbonyl (C=O) groups excluding carboxylic acids is 4. The molecule has 4 amide bonds. The zero-order valence-corrected chi connectivity index (χ0v) is 40.0. The number of aromatic nitrogens is 3. The van der Waals surface area contributed by atoms with Crippen molar-refractivity contribution in [3.05, 3.63) is 80.5 Å². The molecule has 2 unspecified atom stereocenters. The van der Waals surface area contributed by atoms with Crippen molar-refractivity contribution < 1.29 is 33.0 Å².